The number of aromatic nitrogens is 2. The zero-order chi connectivity index (χ0) is 17.2. The number of aliphatic hydroxyl groups excluding tert-OH is 1. The maximum absolute atomic E-state index is 13.0. The third kappa shape index (κ3) is 3.19. The Morgan fingerprint density at radius 1 is 1.28 bits per heavy atom. The number of H-pyrrole nitrogens is 1. The number of benzene rings is 1. The Kier molecular flexibility index (Phi) is 4.55. The average Bonchev–Trinajstić information content (AvgIpc) is 3.31. The highest BCUT2D eigenvalue weighted by Crippen LogP contribution is 2.33. The molecule has 2 N–H and O–H groups in total. The van der Waals surface area contributed by atoms with Crippen molar-refractivity contribution in [3.05, 3.63) is 42.1 Å². The summed E-state index contributed by atoms with van der Waals surface area (Å²) < 4.78 is 5.60. The van der Waals surface area contributed by atoms with Crippen LogP contribution in [0.4, 0.5) is 0 Å². The fourth-order valence-electron chi connectivity index (χ4n) is 3.99. The van der Waals surface area contributed by atoms with Crippen molar-refractivity contribution in [3.8, 4) is 11.3 Å². The molecule has 1 aromatic heterocycles. The molecule has 1 saturated carbocycles. The van der Waals surface area contributed by atoms with Gasteiger partial charge in [-0.15, -0.1) is 0 Å². The summed E-state index contributed by atoms with van der Waals surface area (Å²) >= 11 is 0. The third-order valence-corrected chi connectivity index (χ3v) is 5.33. The number of aliphatic hydroxyl groups is 1. The van der Waals surface area contributed by atoms with Crippen molar-refractivity contribution in [2.24, 2.45) is 5.92 Å². The van der Waals surface area contributed by atoms with Crippen LogP contribution in [0.15, 0.2) is 36.4 Å². The lowest BCUT2D eigenvalue weighted by atomic mass is 9.94. The van der Waals surface area contributed by atoms with Crippen LogP contribution in [0.1, 0.15) is 29.8 Å². The SMILES string of the molecule is O=C(c1cc(-c2ccccc2)n[nH]1)N1CCOC[C@@H]1[C@@H]1CCC[C@H]1O. The van der Waals surface area contributed by atoms with Gasteiger partial charge in [-0.25, -0.2) is 0 Å². The van der Waals surface area contributed by atoms with Gasteiger partial charge in [-0.2, -0.15) is 5.10 Å². The number of nitrogens with one attached hydrogen (secondary N) is 1. The summed E-state index contributed by atoms with van der Waals surface area (Å²) in [6.45, 7) is 1.57. The molecule has 0 spiro atoms. The Bertz CT molecular complexity index is 731. The lowest BCUT2D eigenvalue weighted by Crippen LogP contribution is -2.53. The molecule has 2 aliphatic rings. The minimum atomic E-state index is -0.344. The standard InChI is InChI=1S/C19H23N3O3/c23-18-8-4-7-14(18)17-12-25-10-9-22(17)19(24)16-11-15(20-21-16)13-5-2-1-3-6-13/h1-3,5-6,11,14,17-18,23H,4,7-10,12H2,(H,20,21)/t14-,17+,18+/m0/s1. The number of nitrogens with zero attached hydrogens (tertiary/aromatic N) is 2. The number of amides is 1. The predicted octanol–water partition coefficient (Wildman–Crippen LogP) is 2.08. The maximum Gasteiger partial charge on any atom is 0.272 e. The van der Waals surface area contributed by atoms with E-state index in [9.17, 15) is 9.90 Å². The normalized spacial score (nSPS) is 26.8. The van der Waals surface area contributed by atoms with Gasteiger partial charge in [0, 0.05) is 18.0 Å². The van der Waals surface area contributed by atoms with Gasteiger partial charge in [0.2, 0.25) is 0 Å². The van der Waals surface area contributed by atoms with Gasteiger partial charge in [0.05, 0.1) is 31.1 Å². The van der Waals surface area contributed by atoms with E-state index in [1.807, 2.05) is 35.2 Å². The molecule has 0 unspecified atom stereocenters. The lowest BCUT2D eigenvalue weighted by Gasteiger charge is -2.39. The van der Waals surface area contributed by atoms with Crippen molar-refractivity contribution in [2.45, 2.75) is 31.4 Å². The van der Waals surface area contributed by atoms with Crippen molar-refractivity contribution in [1.29, 1.82) is 0 Å². The molecule has 0 radical (unpaired) electrons. The van der Waals surface area contributed by atoms with Gasteiger partial charge < -0.3 is 14.7 Å². The molecule has 2 fully saturated rings. The number of hydrogen-bond donors (Lipinski definition) is 2. The van der Waals surface area contributed by atoms with E-state index in [-0.39, 0.29) is 24.0 Å². The number of rotatable bonds is 3. The molecular formula is C19H23N3O3. The molecule has 25 heavy (non-hydrogen) atoms. The monoisotopic (exact) mass is 341 g/mol. The topological polar surface area (TPSA) is 78.5 Å². The van der Waals surface area contributed by atoms with Crippen LogP contribution in [0, 0.1) is 5.92 Å². The Morgan fingerprint density at radius 2 is 2.12 bits per heavy atom. The van der Waals surface area contributed by atoms with Gasteiger partial charge >= 0.3 is 0 Å². The Balaban J connectivity index is 1.55. The van der Waals surface area contributed by atoms with Crippen LogP contribution in [-0.4, -0.2) is 58.0 Å². The number of carbonyl (C=O) groups is 1. The highest BCUT2D eigenvalue weighted by molar-refractivity contribution is 5.93. The zero-order valence-corrected chi connectivity index (χ0v) is 14.1. The van der Waals surface area contributed by atoms with Crippen LogP contribution in [0.2, 0.25) is 0 Å². The first-order valence-electron chi connectivity index (χ1n) is 8.91. The van der Waals surface area contributed by atoms with Gasteiger partial charge in [0.15, 0.2) is 0 Å². The van der Waals surface area contributed by atoms with E-state index in [2.05, 4.69) is 10.2 Å². The molecule has 1 aliphatic heterocycles. The molecule has 2 aromatic rings. The quantitative estimate of drug-likeness (QED) is 0.896. The van der Waals surface area contributed by atoms with E-state index in [1.165, 1.54) is 0 Å². The minimum Gasteiger partial charge on any atom is -0.393 e. The van der Waals surface area contributed by atoms with E-state index < -0.39 is 0 Å². The van der Waals surface area contributed by atoms with E-state index in [0.29, 0.717) is 25.5 Å². The van der Waals surface area contributed by atoms with Crippen molar-refractivity contribution >= 4 is 5.91 Å². The molecule has 4 rings (SSSR count). The first-order chi connectivity index (χ1) is 12.2. The highest BCUT2D eigenvalue weighted by Gasteiger charge is 2.40. The summed E-state index contributed by atoms with van der Waals surface area (Å²) in [5, 5.41) is 17.4. The van der Waals surface area contributed by atoms with Crippen LogP contribution in [-0.2, 0) is 4.74 Å². The number of aromatic amines is 1. The van der Waals surface area contributed by atoms with Crippen molar-refractivity contribution in [1.82, 2.24) is 15.1 Å². The van der Waals surface area contributed by atoms with Crippen LogP contribution in [0.25, 0.3) is 11.3 Å². The molecule has 2 heterocycles. The molecule has 3 atom stereocenters. The number of morpholine rings is 1. The van der Waals surface area contributed by atoms with Gasteiger partial charge in [-0.05, 0) is 18.9 Å². The minimum absolute atomic E-state index is 0.0674. The van der Waals surface area contributed by atoms with Gasteiger partial charge in [-0.1, -0.05) is 36.8 Å². The van der Waals surface area contributed by atoms with E-state index in [1.54, 1.807) is 6.07 Å². The van der Waals surface area contributed by atoms with E-state index in [4.69, 9.17) is 4.74 Å². The molecule has 0 bridgehead atoms. The first kappa shape index (κ1) is 16.3. The molecule has 6 heteroatoms. The molecule has 132 valence electrons. The second-order valence-electron chi connectivity index (χ2n) is 6.84. The maximum atomic E-state index is 13.0. The van der Waals surface area contributed by atoms with E-state index in [0.717, 1.165) is 30.5 Å². The summed E-state index contributed by atoms with van der Waals surface area (Å²) in [5.74, 6) is 0.0304. The largest absolute Gasteiger partial charge is 0.393 e. The average molecular weight is 341 g/mol. The second-order valence-corrected chi connectivity index (χ2v) is 6.84. The zero-order valence-electron chi connectivity index (χ0n) is 14.1. The fourth-order valence-corrected chi connectivity index (χ4v) is 3.99. The first-order valence-corrected chi connectivity index (χ1v) is 8.91. The number of hydrogen-bond acceptors (Lipinski definition) is 4. The summed E-state index contributed by atoms with van der Waals surface area (Å²) in [4.78, 5) is 14.9. The number of carbonyl (C=O) groups excluding carboxylic acids is 1. The molecule has 1 saturated heterocycles. The summed E-state index contributed by atoms with van der Waals surface area (Å²) in [7, 11) is 0. The highest BCUT2D eigenvalue weighted by atomic mass is 16.5. The van der Waals surface area contributed by atoms with Crippen molar-refractivity contribution in [3.63, 3.8) is 0 Å². The van der Waals surface area contributed by atoms with Crippen molar-refractivity contribution in [2.75, 3.05) is 19.8 Å². The van der Waals surface area contributed by atoms with Crippen LogP contribution < -0.4 is 0 Å². The summed E-state index contributed by atoms with van der Waals surface area (Å²) in [5.41, 5.74) is 2.22. The Labute approximate surface area is 146 Å². The molecule has 6 nitrogen and oxygen atoms in total. The Morgan fingerprint density at radius 3 is 2.88 bits per heavy atom. The molecular weight excluding hydrogens is 318 g/mol. The summed E-state index contributed by atoms with van der Waals surface area (Å²) in [6, 6.07) is 11.5. The summed E-state index contributed by atoms with van der Waals surface area (Å²) in [6.07, 6.45) is 2.42. The van der Waals surface area contributed by atoms with Crippen LogP contribution >= 0.6 is 0 Å². The predicted molar refractivity (Wildman–Crippen MR) is 93.0 cm³/mol. The van der Waals surface area contributed by atoms with Crippen LogP contribution in [0.5, 0.6) is 0 Å². The van der Waals surface area contributed by atoms with Gasteiger partial charge in [-0.3, -0.25) is 9.89 Å². The smallest absolute Gasteiger partial charge is 0.272 e. The molecule has 1 aromatic carbocycles. The van der Waals surface area contributed by atoms with Gasteiger partial charge in [0.1, 0.15) is 5.69 Å². The molecule has 1 aliphatic carbocycles. The molecule has 1 amide bonds. The van der Waals surface area contributed by atoms with E-state index >= 15 is 0 Å². The Hall–Kier alpha value is -2.18. The second kappa shape index (κ2) is 6.98. The van der Waals surface area contributed by atoms with Crippen LogP contribution in [0.3, 0.4) is 0 Å². The lowest BCUT2D eigenvalue weighted by molar-refractivity contribution is -0.0385. The third-order valence-electron chi connectivity index (χ3n) is 5.33. The fraction of sp³-hybridized carbons (Fsp3) is 0.474. The van der Waals surface area contributed by atoms with Gasteiger partial charge in [0.25, 0.3) is 5.91 Å². The van der Waals surface area contributed by atoms with Crippen molar-refractivity contribution < 1.29 is 14.6 Å². The number of ether oxygens (including phenoxy) is 1.